The lowest BCUT2D eigenvalue weighted by molar-refractivity contribution is 1.59. The molecule has 8 N–H and O–H groups in total. The molecule has 0 saturated heterocycles. The lowest BCUT2D eigenvalue weighted by Crippen LogP contribution is -1.96. The second-order valence-electron chi connectivity index (χ2n) is 7.62. The van der Waals surface area contributed by atoms with Gasteiger partial charge in [-0.15, -0.1) is 0 Å². The average molecular weight is 565 g/mol. The zero-order valence-corrected chi connectivity index (χ0v) is 22.5. The SMILES string of the molecule is Nc1ccc(-c2ccc(N)c(N)c2)cc1N.S.S.[H+].[H+].[H+].[H+].[H+].[H+].[H+].[H+].[H+].[H+].[H+].[H+].c1cc2nsnc2cc1-c1ccc2nsnc2c1. The van der Waals surface area contributed by atoms with Crippen molar-refractivity contribution < 1.29 is 17.1 Å². The molecule has 0 aliphatic rings. The fourth-order valence-corrected chi connectivity index (χ4v) is 4.47. The number of fused-ring (bicyclic) bond motifs is 2. The van der Waals surface area contributed by atoms with Crippen LogP contribution in [0.5, 0.6) is 0 Å². The third kappa shape index (κ3) is 5.62. The van der Waals surface area contributed by atoms with Crippen LogP contribution in [-0.2, 0) is 0 Å². The lowest BCUT2D eigenvalue weighted by atomic mass is 10.0. The monoisotopic (exact) mass is 564 g/mol. The maximum absolute atomic E-state index is 5.74. The molecule has 0 fully saturated rings. The van der Waals surface area contributed by atoms with Gasteiger partial charge in [0.05, 0.1) is 46.2 Å². The average Bonchev–Trinajstić information content (AvgIpc) is 3.51. The van der Waals surface area contributed by atoms with Crippen molar-refractivity contribution in [2.75, 3.05) is 22.9 Å². The van der Waals surface area contributed by atoms with Crippen molar-refractivity contribution in [2.24, 2.45) is 0 Å². The molecule has 36 heavy (non-hydrogen) atoms. The van der Waals surface area contributed by atoms with E-state index in [2.05, 4.69) is 41.8 Å². The molecule has 0 unspecified atom stereocenters. The standard InChI is InChI=1S/C12H6N4S2.C12H14N4.2H2S/c1-3-9-11(15-17-13-9)5-7(1)8-2-4-10-12(6-8)16-18-14-10;13-9-3-1-7(5-11(9)15)8-2-4-10(14)12(16)6-8;;/h1-6H;1-6H,13-16H2;2*1H2/p+12. The molecule has 0 amide bonds. The minimum Gasteiger partial charge on any atom is -0.397 e. The first-order chi connectivity index (χ1) is 16.5. The maximum Gasteiger partial charge on any atom is 1.00 e. The first kappa shape index (κ1) is 27.0. The van der Waals surface area contributed by atoms with Gasteiger partial charge in [0.15, 0.2) is 0 Å². The highest BCUT2D eigenvalue weighted by Gasteiger charge is 2.05. The predicted octanol–water partition coefficient (Wildman–Crippen LogP) is 6.62. The highest BCUT2D eigenvalue weighted by molar-refractivity contribution is 7.59. The van der Waals surface area contributed by atoms with Crippen molar-refractivity contribution in [2.45, 2.75) is 0 Å². The third-order valence-electron chi connectivity index (χ3n) is 5.35. The Morgan fingerprint density at radius 3 is 1.14 bits per heavy atom. The van der Waals surface area contributed by atoms with Crippen LogP contribution >= 0.6 is 50.4 Å². The molecule has 2 heterocycles. The normalized spacial score (nSPS) is 10.2. The van der Waals surface area contributed by atoms with E-state index in [4.69, 9.17) is 22.9 Å². The Labute approximate surface area is 247 Å². The smallest absolute Gasteiger partial charge is 0.397 e. The van der Waals surface area contributed by atoms with Gasteiger partial charge in [-0.25, -0.2) is 0 Å². The summed E-state index contributed by atoms with van der Waals surface area (Å²) in [5.74, 6) is 0. The van der Waals surface area contributed by atoms with Crippen LogP contribution in [-0.4, -0.2) is 17.5 Å². The molecule has 184 valence electrons. The number of aromatic nitrogens is 4. The molecule has 8 nitrogen and oxygen atoms in total. The summed E-state index contributed by atoms with van der Waals surface area (Å²) in [7, 11) is 0. The van der Waals surface area contributed by atoms with Crippen LogP contribution in [0, 0.1) is 0 Å². The highest BCUT2D eigenvalue weighted by atomic mass is 32.1. The van der Waals surface area contributed by atoms with Crippen molar-refractivity contribution >= 4 is 95.3 Å². The second-order valence-corrected chi connectivity index (χ2v) is 8.68. The van der Waals surface area contributed by atoms with Crippen molar-refractivity contribution in [3.05, 3.63) is 72.8 Å². The van der Waals surface area contributed by atoms with E-state index >= 15 is 0 Å². The van der Waals surface area contributed by atoms with Gasteiger partial charge in [0.1, 0.15) is 22.1 Å². The molecule has 6 rings (SSSR count). The number of hydrogen-bond acceptors (Lipinski definition) is 10. The van der Waals surface area contributed by atoms with Crippen LogP contribution in [0.3, 0.4) is 0 Å². The first-order valence-corrected chi connectivity index (χ1v) is 11.7. The molecule has 0 aliphatic heterocycles. The Morgan fingerprint density at radius 1 is 0.417 bits per heavy atom. The maximum atomic E-state index is 5.74. The van der Waals surface area contributed by atoms with Gasteiger partial charge in [0, 0.05) is 0 Å². The first-order valence-electron chi connectivity index (χ1n) is 10.2. The highest BCUT2D eigenvalue weighted by Crippen LogP contribution is 2.29. The Morgan fingerprint density at radius 2 is 0.750 bits per heavy atom. The van der Waals surface area contributed by atoms with E-state index in [1.165, 1.54) is 23.5 Å². The van der Waals surface area contributed by atoms with E-state index in [0.717, 1.165) is 44.3 Å². The third-order valence-corrected chi connectivity index (χ3v) is 6.46. The van der Waals surface area contributed by atoms with Gasteiger partial charge in [0.2, 0.25) is 0 Å². The van der Waals surface area contributed by atoms with Gasteiger partial charge in [-0.1, -0.05) is 24.3 Å². The number of nitrogens with zero attached hydrogens (tertiary/aromatic N) is 4. The predicted molar refractivity (Wildman–Crippen MR) is 177 cm³/mol. The van der Waals surface area contributed by atoms with Crippen molar-refractivity contribution in [1.82, 2.24) is 17.5 Å². The topological polar surface area (TPSA) is 156 Å². The van der Waals surface area contributed by atoms with Gasteiger partial charge in [0.25, 0.3) is 0 Å². The Kier molecular flexibility index (Phi) is 8.58. The van der Waals surface area contributed by atoms with Gasteiger partial charge in [-0.3, -0.25) is 0 Å². The molecule has 0 aliphatic carbocycles. The largest absolute Gasteiger partial charge is 1.00 e. The molecular formula is C24H36N8S4+12. The van der Waals surface area contributed by atoms with Crippen molar-refractivity contribution in [3.63, 3.8) is 0 Å². The van der Waals surface area contributed by atoms with E-state index in [9.17, 15) is 0 Å². The number of nitrogen functional groups attached to an aromatic ring is 4. The van der Waals surface area contributed by atoms with E-state index in [1.54, 1.807) is 12.1 Å². The van der Waals surface area contributed by atoms with Crippen LogP contribution < -0.4 is 22.9 Å². The quantitative estimate of drug-likeness (QED) is 0.171. The zero-order chi connectivity index (χ0) is 23.7. The van der Waals surface area contributed by atoms with E-state index in [-0.39, 0.29) is 44.1 Å². The van der Waals surface area contributed by atoms with Crippen LogP contribution in [0.25, 0.3) is 44.3 Å². The van der Waals surface area contributed by atoms with E-state index < -0.39 is 0 Å². The number of benzene rings is 4. The summed E-state index contributed by atoms with van der Waals surface area (Å²) in [6, 6.07) is 23.2. The number of nitrogens with two attached hydrogens (primary N) is 4. The van der Waals surface area contributed by atoms with Crippen molar-refractivity contribution in [1.29, 1.82) is 0 Å². The van der Waals surface area contributed by atoms with Gasteiger partial charge >= 0.3 is 17.1 Å². The molecule has 0 saturated carbocycles. The fourth-order valence-electron chi connectivity index (χ4n) is 3.43. The molecule has 6 aromatic rings. The van der Waals surface area contributed by atoms with Gasteiger partial charge in [-0.2, -0.15) is 44.5 Å². The molecule has 4 aromatic carbocycles. The van der Waals surface area contributed by atoms with E-state index in [0.29, 0.717) is 22.7 Å². The van der Waals surface area contributed by atoms with Gasteiger partial charge < -0.3 is 22.9 Å². The lowest BCUT2D eigenvalue weighted by Gasteiger charge is -2.07. The number of hydrogen-bond donors (Lipinski definition) is 4. The molecule has 2 aromatic heterocycles. The minimum atomic E-state index is 0. The molecule has 0 spiro atoms. The molecule has 0 atom stereocenters. The molecule has 0 bridgehead atoms. The van der Waals surface area contributed by atoms with Crippen LogP contribution in [0.4, 0.5) is 22.7 Å². The Hall–Kier alpha value is -3.58. The fraction of sp³-hybridized carbons (Fsp3) is 0. The molecular weight excluding hydrogens is 529 g/mol. The second kappa shape index (κ2) is 11.4. The number of rotatable bonds is 2. The van der Waals surface area contributed by atoms with E-state index in [1.807, 2.05) is 36.4 Å². The molecule has 0 radical (unpaired) electrons. The Bertz CT molecular complexity index is 1550. The van der Waals surface area contributed by atoms with Gasteiger partial charge in [-0.05, 0) is 70.8 Å². The van der Waals surface area contributed by atoms with Crippen LogP contribution in [0.2, 0.25) is 0 Å². The zero-order valence-electron chi connectivity index (χ0n) is 30.8. The minimum absolute atomic E-state index is 0. The van der Waals surface area contributed by atoms with Crippen LogP contribution in [0.1, 0.15) is 17.1 Å². The Balaban J connectivity index is -0.0000000585. The van der Waals surface area contributed by atoms with Crippen molar-refractivity contribution in [3.8, 4) is 22.3 Å². The summed E-state index contributed by atoms with van der Waals surface area (Å²) in [6.07, 6.45) is 0. The van der Waals surface area contributed by atoms with Crippen LogP contribution in [0.15, 0.2) is 72.8 Å². The summed E-state index contributed by atoms with van der Waals surface area (Å²) in [5, 5.41) is 0. The summed E-state index contributed by atoms with van der Waals surface area (Å²) < 4.78 is 16.9. The molecule has 12 heteroatoms. The number of anilines is 4. The summed E-state index contributed by atoms with van der Waals surface area (Å²) >= 11 is 2.48. The summed E-state index contributed by atoms with van der Waals surface area (Å²) in [5.41, 5.74) is 33.0. The summed E-state index contributed by atoms with van der Waals surface area (Å²) in [4.78, 5) is 0. The summed E-state index contributed by atoms with van der Waals surface area (Å²) in [6.45, 7) is 0.